The van der Waals surface area contributed by atoms with Crippen molar-refractivity contribution in [1.29, 1.82) is 0 Å². The molecule has 2 radical (unpaired) electrons. The van der Waals surface area contributed by atoms with Gasteiger partial charge in [0.1, 0.15) is 0 Å². The normalized spacial score (nSPS) is 10.6. The molecule has 0 aliphatic rings. The molecule has 0 saturated heterocycles. The summed E-state index contributed by atoms with van der Waals surface area (Å²) >= 11 is 1.24. The first-order valence-corrected chi connectivity index (χ1v) is 9.29. The van der Waals surface area contributed by atoms with Gasteiger partial charge in [0.15, 0.2) is 0 Å². The van der Waals surface area contributed by atoms with Crippen LogP contribution in [0.4, 0.5) is 0 Å². The topological polar surface area (TPSA) is 0 Å². The molecule has 0 aliphatic heterocycles. The van der Waals surface area contributed by atoms with Crippen LogP contribution < -0.4 is 0 Å². The number of unbranched alkanes of at least 4 members (excludes halogenated alkanes) is 9. The molecule has 0 amide bonds. The Kier molecular flexibility index (Phi) is 13.8. The monoisotopic (exact) mass is 378 g/mol. The molecule has 0 fully saturated rings. The van der Waals surface area contributed by atoms with Crippen molar-refractivity contribution in [2.24, 2.45) is 0 Å². The minimum atomic E-state index is 1.24. The molecule has 0 N–H and O–H groups in total. The van der Waals surface area contributed by atoms with Gasteiger partial charge in [-0.2, -0.15) is 0 Å². The minimum absolute atomic E-state index is 1.24. The summed E-state index contributed by atoms with van der Waals surface area (Å²) in [4.78, 5) is 0. The Morgan fingerprint density at radius 2 is 1.00 bits per heavy atom. The average Bonchev–Trinajstić information content (AvgIpc) is 2.16. The molecule has 0 bridgehead atoms. The van der Waals surface area contributed by atoms with Gasteiger partial charge in [-0.1, -0.05) is 0 Å². The maximum atomic E-state index is 2.29. The van der Waals surface area contributed by atoms with Gasteiger partial charge in [-0.15, -0.1) is 0 Å². The van der Waals surface area contributed by atoms with E-state index in [2.05, 4.69) is 6.92 Å². The Morgan fingerprint density at radius 3 is 1.38 bits per heavy atom. The molecule has 13 heavy (non-hydrogen) atoms. The van der Waals surface area contributed by atoms with Gasteiger partial charge in [0.2, 0.25) is 0 Å². The van der Waals surface area contributed by atoms with Crippen LogP contribution in [0.5, 0.6) is 0 Å². The predicted octanol–water partition coefficient (Wildman–Crippen LogP) is 4.23. The summed E-state index contributed by atoms with van der Waals surface area (Å²) < 4.78 is 1.54. The van der Waals surface area contributed by atoms with Crippen molar-refractivity contribution in [2.45, 2.75) is 75.1 Å². The molecule has 0 rings (SSSR count). The summed E-state index contributed by atoms with van der Waals surface area (Å²) in [5, 5.41) is 0. The fraction of sp³-hybridized carbons (Fsp3) is 1.00. The second-order valence-corrected chi connectivity index (χ2v) is 6.22. The van der Waals surface area contributed by atoms with Gasteiger partial charge in [-0.3, -0.25) is 0 Å². The summed E-state index contributed by atoms with van der Waals surface area (Å²) in [6.07, 6.45) is 14.8. The zero-order chi connectivity index (χ0) is 9.78. The van der Waals surface area contributed by atoms with E-state index in [1.165, 1.54) is 94.0 Å². The van der Waals surface area contributed by atoms with Crippen LogP contribution in [0.25, 0.3) is 0 Å². The van der Waals surface area contributed by atoms with Crippen LogP contribution in [-0.2, 0) is 0 Å². The van der Waals surface area contributed by atoms with Crippen molar-refractivity contribution in [3.63, 3.8) is 0 Å². The molecular formula is C12H26Pb. The number of hydrogen-bond acceptors (Lipinski definition) is 0. The predicted molar refractivity (Wildman–Crippen MR) is 63.8 cm³/mol. The standard InChI is InChI=1S/C12H25.Pb.H/c1-3-5-7-9-11-12-10-8-6-4-2;;/h1,3-12H2,2H3;;. The van der Waals surface area contributed by atoms with E-state index in [0.29, 0.717) is 0 Å². The fourth-order valence-electron chi connectivity index (χ4n) is 1.63. The van der Waals surface area contributed by atoms with E-state index in [9.17, 15) is 0 Å². The van der Waals surface area contributed by atoms with Crippen molar-refractivity contribution in [2.75, 3.05) is 0 Å². The van der Waals surface area contributed by atoms with Gasteiger partial charge in [0.05, 0.1) is 0 Å². The molecule has 0 heterocycles. The molecule has 0 aromatic carbocycles. The first kappa shape index (κ1) is 13.9. The third-order valence-electron chi connectivity index (χ3n) is 2.56. The summed E-state index contributed by atoms with van der Waals surface area (Å²) in [5.74, 6) is 0. The Hall–Kier alpha value is 0.922. The van der Waals surface area contributed by atoms with Crippen LogP contribution >= 0.6 is 0 Å². The van der Waals surface area contributed by atoms with Gasteiger partial charge < -0.3 is 0 Å². The van der Waals surface area contributed by atoms with Crippen LogP contribution in [0.3, 0.4) is 0 Å². The molecule has 0 atom stereocenters. The Labute approximate surface area is 101 Å². The van der Waals surface area contributed by atoms with Crippen molar-refractivity contribution >= 4 is 25.8 Å². The van der Waals surface area contributed by atoms with Crippen molar-refractivity contribution in [1.82, 2.24) is 0 Å². The molecule has 0 aromatic rings. The SMILES string of the molecule is CCCCCCCCCCC[CH2][PbH]. The second-order valence-electron chi connectivity index (χ2n) is 3.97. The molecule has 0 aromatic heterocycles. The molecule has 0 saturated carbocycles. The van der Waals surface area contributed by atoms with Gasteiger partial charge in [-0.25, -0.2) is 0 Å². The first-order valence-electron chi connectivity index (χ1n) is 6.12. The summed E-state index contributed by atoms with van der Waals surface area (Å²) in [6.45, 7) is 2.29. The zero-order valence-electron chi connectivity index (χ0n) is 9.36. The van der Waals surface area contributed by atoms with Crippen LogP contribution in [0.1, 0.15) is 71.1 Å². The van der Waals surface area contributed by atoms with Crippen molar-refractivity contribution < 1.29 is 0 Å². The van der Waals surface area contributed by atoms with Crippen LogP contribution in [0.15, 0.2) is 0 Å². The number of rotatable bonds is 10. The molecule has 1 heteroatoms. The van der Waals surface area contributed by atoms with E-state index >= 15 is 0 Å². The summed E-state index contributed by atoms with van der Waals surface area (Å²) in [5.41, 5.74) is 0. The summed E-state index contributed by atoms with van der Waals surface area (Å²) in [6, 6.07) is 0. The molecule has 0 aliphatic carbocycles. The van der Waals surface area contributed by atoms with E-state index in [-0.39, 0.29) is 0 Å². The van der Waals surface area contributed by atoms with Crippen molar-refractivity contribution in [3.8, 4) is 0 Å². The van der Waals surface area contributed by atoms with E-state index in [1.54, 1.807) is 0 Å². The van der Waals surface area contributed by atoms with Crippen LogP contribution in [0, 0.1) is 0 Å². The Morgan fingerprint density at radius 1 is 0.615 bits per heavy atom. The Bertz CT molecular complexity index is 71.2. The molecule has 0 nitrogen and oxygen atoms in total. The average molecular weight is 378 g/mol. The van der Waals surface area contributed by atoms with Crippen LogP contribution in [-0.4, -0.2) is 25.8 Å². The second kappa shape index (κ2) is 12.9. The van der Waals surface area contributed by atoms with E-state index in [1.807, 2.05) is 0 Å². The van der Waals surface area contributed by atoms with E-state index < -0.39 is 0 Å². The van der Waals surface area contributed by atoms with Crippen molar-refractivity contribution in [3.05, 3.63) is 0 Å². The van der Waals surface area contributed by atoms with E-state index in [0.717, 1.165) is 0 Å². The summed E-state index contributed by atoms with van der Waals surface area (Å²) in [7, 11) is 0. The maximum absolute atomic E-state index is 2.29. The molecular weight excluding hydrogens is 351 g/mol. The zero-order valence-corrected chi connectivity index (χ0v) is 13.8. The Balaban J connectivity index is 2.76. The van der Waals surface area contributed by atoms with E-state index in [4.69, 9.17) is 0 Å². The fourth-order valence-corrected chi connectivity index (χ4v) is 2.75. The molecule has 0 unspecified atom stereocenters. The van der Waals surface area contributed by atoms with Gasteiger partial charge >= 0.3 is 101 Å². The van der Waals surface area contributed by atoms with Gasteiger partial charge in [0, 0.05) is 0 Å². The quantitative estimate of drug-likeness (QED) is 0.395. The number of hydrogen-bond donors (Lipinski definition) is 0. The first-order chi connectivity index (χ1) is 6.41. The third kappa shape index (κ3) is 12.9. The third-order valence-corrected chi connectivity index (χ3v) is 4.14. The van der Waals surface area contributed by atoms with Crippen LogP contribution in [0.2, 0.25) is 3.98 Å². The van der Waals surface area contributed by atoms with Gasteiger partial charge in [-0.05, 0) is 0 Å². The molecule has 78 valence electrons. The van der Waals surface area contributed by atoms with Gasteiger partial charge in [0.25, 0.3) is 0 Å². The molecule has 0 spiro atoms.